The number of hydrogen-bond donors (Lipinski definition) is 1. The molecule has 2 nitrogen and oxygen atoms in total. The fourth-order valence-electron chi connectivity index (χ4n) is 5.26. The highest BCUT2D eigenvalue weighted by Gasteiger charge is 2.19. The van der Waals surface area contributed by atoms with Gasteiger partial charge in [-0.25, -0.2) is 0 Å². The predicted octanol–water partition coefficient (Wildman–Crippen LogP) is 6.52. The van der Waals surface area contributed by atoms with Gasteiger partial charge >= 0.3 is 0 Å². The van der Waals surface area contributed by atoms with E-state index in [4.69, 9.17) is 0 Å². The Morgan fingerprint density at radius 2 is 2.00 bits per heavy atom. The van der Waals surface area contributed by atoms with Gasteiger partial charge in [-0.05, 0) is 106 Å². The van der Waals surface area contributed by atoms with Crippen LogP contribution >= 0.6 is 0 Å². The molecule has 0 aromatic heterocycles. The zero-order chi connectivity index (χ0) is 21.5. The number of nitrogens with zero attached hydrogens (tertiary/aromatic N) is 1. The highest BCUT2D eigenvalue weighted by Crippen LogP contribution is 2.33. The van der Waals surface area contributed by atoms with Gasteiger partial charge in [0.25, 0.3) is 0 Å². The number of benzene rings is 1. The average Bonchev–Trinajstić information content (AvgIpc) is 3.24. The van der Waals surface area contributed by atoms with Gasteiger partial charge in [0.05, 0.1) is 0 Å². The standard InChI is InChI=1S/C29H40N2/c1-23(30-22-26-6-3-4-7-26)27-15-17-29(18-16-27)28-13-11-25(12-14-28)10-9-24-8-5-20-31(2)21-19-24/h3-4,6,11-14,17,24,27,30H,1,5,7-10,15-16,18-22H2,2H3. The zero-order valence-electron chi connectivity index (χ0n) is 19.4. The Labute approximate surface area is 189 Å². The maximum atomic E-state index is 4.33. The third-order valence-electron chi connectivity index (χ3n) is 7.53. The molecule has 1 aromatic rings. The molecule has 3 aliphatic rings. The van der Waals surface area contributed by atoms with Crippen LogP contribution in [0.5, 0.6) is 0 Å². The molecule has 4 rings (SSSR count). The van der Waals surface area contributed by atoms with Gasteiger partial charge in [-0.1, -0.05) is 55.1 Å². The summed E-state index contributed by atoms with van der Waals surface area (Å²) >= 11 is 0. The second kappa shape index (κ2) is 11.0. The molecule has 31 heavy (non-hydrogen) atoms. The minimum Gasteiger partial charge on any atom is -0.385 e. The van der Waals surface area contributed by atoms with Crippen molar-refractivity contribution < 1.29 is 0 Å². The normalized spacial score (nSPS) is 24.4. The molecule has 1 fully saturated rings. The zero-order valence-corrected chi connectivity index (χ0v) is 19.4. The lowest BCUT2D eigenvalue weighted by molar-refractivity contribution is 0.339. The van der Waals surface area contributed by atoms with E-state index in [1.165, 1.54) is 79.6 Å². The molecule has 0 saturated carbocycles. The van der Waals surface area contributed by atoms with E-state index in [9.17, 15) is 0 Å². The third kappa shape index (κ3) is 6.46. The van der Waals surface area contributed by atoms with E-state index >= 15 is 0 Å². The van der Waals surface area contributed by atoms with Crippen LogP contribution in [0.25, 0.3) is 5.57 Å². The summed E-state index contributed by atoms with van der Waals surface area (Å²) < 4.78 is 0. The third-order valence-corrected chi connectivity index (χ3v) is 7.53. The lowest BCUT2D eigenvalue weighted by Crippen LogP contribution is -2.22. The summed E-state index contributed by atoms with van der Waals surface area (Å²) in [5.41, 5.74) is 7.11. The molecular weight excluding hydrogens is 376 g/mol. The smallest absolute Gasteiger partial charge is 0.0363 e. The van der Waals surface area contributed by atoms with Crippen molar-refractivity contribution in [3.8, 4) is 0 Å². The van der Waals surface area contributed by atoms with E-state index in [0.29, 0.717) is 5.92 Å². The van der Waals surface area contributed by atoms with E-state index in [1.54, 1.807) is 0 Å². The monoisotopic (exact) mass is 416 g/mol. The second-order valence-corrected chi connectivity index (χ2v) is 9.87. The summed E-state index contributed by atoms with van der Waals surface area (Å²) in [6.45, 7) is 7.82. The van der Waals surface area contributed by atoms with Crippen LogP contribution < -0.4 is 5.32 Å². The molecule has 166 valence electrons. The highest BCUT2D eigenvalue weighted by atomic mass is 15.1. The Morgan fingerprint density at radius 1 is 1.13 bits per heavy atom. The Kier molecular flexibility index (Phi) is 7.86. The fraction of sp³-hybridized carbons (Fsp3) is 0.517. The Bertz CT molecular complexity index is 827. The summed E-state index contributed by atoms with van der Waals surface area (Å²) in [6, 6.07) is 9.45. The van der Waals surface area contributed by atoms with Crippen molar-refractivity contribution >= 4 is 5.57 Å². The fourth-order valence-corrected chi connectivity index (χ4v) is 5.26. The van der Waals surface area contributed by atoms with Gasteiger partial charge < -0.3 is 10.2 Å². The van der Waals surface area contributed by atoms with E-state index < -0.39 is 0 Å². The molecule has 1 saturated heterocycles. The lowest BCUT2D eigenvalue weighted by atomic mass is 9.84. The quantitative estimate of drug-likeness (QED) is 0.519. The van der Waals surface area contributed by atoms with Crippen molar-refractivity contribution in [3.63, 3.8) is 0 Å². The van der Waals surface area contributed by atoms with Crippen LogP contribution in [-0.2, 0) is 6.42 Å². The highest BCUT2D eigenvalue weighted by molar-refractivity contribution is 5.66. The Hall–Kier alpha value is -2.06. The number of hydrogen-bond acceptors (Lipinski definition) is 2. The molecule has 0 radical (unpaired) electrons. The van der Waals surface area contributed by atoms with E-state index in [0.717, 1.165) is 31.7 Å². The summed E-state index contributed by atoms with van der Waals surface area (Å²) in [5, 5.41) is 3.57. The van der Waals surface area contributed by atoms with E-state index in [-0.39, 0.29) is 0 Å². The van der Waals surface area contributed by atoms with Crippen molar-refractivity contribution in [1.82, 2.24) is 10.2 Å². The molecule has 2 unspecified atom stereocenters. The first-order valence-electron chi connectivity index (χ1n) is 12.4. The predicted molar refractivity (Wildman–Crippen MR) is 134 cm³/mol. The number of rotatable bonds is 8. The van der Waals surface area contributed by atoms with Gasteiger partial charge in [-0.2, -0.15) is 0 Å². The molecule has 1 N–H and O–H groups in total. The van der Waals surface area contributed by atoms with Crippen LogP contribution in [0.1, 0.15) is 62.5 Å². The van der Waals surface area contributed by atoms with Gasteiger partial charge in [0, 0.05) is 18.2 Å². The Morgan fingerprint density at radius 3 is 2.74 bits per heavy atom. The summed E-state index contributed by atoms with van der Waals surface area (Å²) in [5.74, 6) is 1.47. The molecule has 2 atom stereocenters. The molecule has 1 aromatic carbocycles. The molecule has 0 amide bonds. The maximum Gasteiger partial charge on any atom is 0.0363 e. The molecular formula is C29H40N2. The van der Waals surface area contributed by atoms with Crippen LogP contribution in [-0.4, -0.2) is 31.6 Å². The first kappa shape index (κ1) is 22.1. The van der Waals surface area contributed by atoms with Crippen molar-refractivity contribution in [2.24, 2.45) is 11.8 Å². The van der Waals surface area contributed by atoms with Crippen molar-refractivity contribution in [1.29, 1.82) is 0 Å². The first-order valence-corrected chi connectivity index (χ1v) is 12.4. The number of nitrogens with one attached hydrogen (secondary N) is 1. The van der Waals surface area contributed by atoms with E-state index in [1.807, 2.05) is 0 Å². The lowest BCUT2D eigenvalue weighted by Gasteiger charge is -2.25. The van der Waals surface area contributed by atoms with Crippen LogP contribution in [0.2, 0.25) is 0 Å². The van der Waals surface area contributed by atoms with Gasteiger partial charge in [0.1, 0.15) is 0 Å². The molecule has 2 heteroatoms. The number of aryl methyl sites for hydroxylation is 1. The topological polar surface area (TPSA) is 15.3 Å². The molecule has 0 spiro atoms. The molecule has 2 aliphatic carbocycles. The molecule has 1 heterocycles. The molecule has 1 aliphatic heterocycles. The van der Waals surface area contributed by atoms with Gasteiger partial charge in [-0.15, -0.1) is 0 Å². The van der Waals surface area contributed by atoms with Crippen LogP contribution in [0, 0.1) is 11.8 Å². The van der Waals surface area contributed by atoms with Crippen LogP contribution in [0.4, 0.5) is 0 Å². The SMILES string of the molecule is C=C(NCC1=CC=CC1)C1CC=C(c2ccc(CCC3CCCN(C)CC3)cc2)CC1. The van der Waals surface area contributed by atoms with Crippen molar-refractivity contribution in [3.05, 3.63) is 77.5 Å². The minimum atomic E-state index is 0.566. The Balaban J connectivity index is 1.23. The first-order chi connectivity index (χ1) is 15.2. The van der Waals surface area contributed by atoms with Gasteiger partial charge in [0.15, 0.2) is 0 Å². The average molecular weight is 417 g/mol. The minimum absolute atomic E-state index is 0.566. The molecule has 0 bridgehead atoms. The van der Waals surface area contributed by atoms with Gasteiger partial charge in [0.2, 0.25) is 0 Å². The maximum absolute atomic E-state index is 4.33. The summed E-state index contributed by atoms with van der Waals surface area (Å²) in [7, 11) is 2.27. The summed E-state index contributed by atoms with van der Waals surface area (Å²) in [4.78, 5) is 2.49. The van der Waals surface area contributed by atoms with Crippen molar-refractivity contribution in [2.45, 2.75) is 57.8 Å². The van der Waals surface area contributed by atoms with Gasteiger partial charge in [-0.3, -0.25) is 0 Å². The number of allylic oxidation sites excluding steroid dienone is 6. The number of likely N-dealkylation sites (tertiary alicyclic amines) is 1. The van der Waals surface area contributed by atoms with Crippen LogP contribution in [0.15, 0.2) is 66.4 Å². The van der Waals surface area contributed by atoms with Crippen molar-refractivity contribution in [2.75, 3.05) is 26.7 Å². The van der Waals surface area contributed by atoms with E-state index in [2.05, 4.69) is 72.4 Å². The second-order valence-electron chi connectivity index (χ2n) is 9.87. The summed E-state index contributed by atoms with van der Waals surface area (Å²) in [6.07, 6.45) is 20.3. The van der Waals surface area contributed by atoms with Crippen LogP contribution in [0.3, 0.4) is 0 Å². The largest absolute Gasteiger partial charge is 0.385 e.